The standard InChI is InChI=1S/C19H30N2/c1-3-15-8-10-16(11-9-15)19(20-4-2)14-21-12-17-6-5-7-18(17)13-21/h8-11,17-20H,3-7,12-14H2,1-2H3. The predicted molar refractivity (Wildman–Crippen MR) is 89.5 cm³/mol. The van der Waals surface area contributed by atoms with E-state index in [0.29, 0.717) is 6.04 Å². The van der Waals surface area contributed by atoms with Crippen LogP contribution >= 0.6 is 0 Å². The number of aryl methyl sites for hydroxylation is 1. The maximum atomic E-state index is 3.69. The summed E-state index contributed by atoms with van der Waals surface area (Å²) >= 11 is 0. The molecule has 0 radical (unpaired) electrons. The van der Waals surface area contributed by atoms with Crippen LogP contribution in [0.25, 0.3) is 0 Å². The molecule has 0 aromatic heterocycles. The van der Waals surface area contributed by atoms with Crippen molar-refractivity contribution in [1.82, 2.24) is 10.2 Å². The highest BCUT2D eigenvalue weighted by molar-refractivity contribution is 5.25. The lowest BCUT2D eigenvalue weighted by Crippen LogP contribution is -2.34. The predicted octanol–water partition coefficient (Wildman–Crippen LogP) is 3.63. The first-order chi connectivity index (χ1) is 10.3. The van der Waals surface area contributed by atoms with Gasteiger partial charge in [0.1, 0.15) is 0 Å². The van der Waals surface area contributed by atoms with Crippen LogP contribution in [0.15, 0.2) is 24.3 Å². The lowest BCUT2D eigenvalue weighted by atomic mass is 10.0. The normalized spacial score (nSPS) is 27.0. The molecule has 0 amide bonds. The Hall–Kier alpha value is -0.860. The van der Waals surface area contributed by atoms with E-state index in [2.05, 4.69) is 48.3 Å². The minimum Gasteiger partial charge on any atom is -0.309 e. The average molecular weight is 286 g/mol. The molecule has 21 heavy (non-hydrogen) atoms. The number of rotatable bonds is 6. The van der Waals surface area contributed by atoms with E-state index in [1.807, 2.05) is 0 Å². The van der Waals surface area contributed by atoms with Crippen molar-refractivity contribution >= 4 is 0 Å². The summed E-state index contributed by atoms with van der Waals surface area (Å²) in [6.45, 7) is 9.32. The molecule has 1 aromatic carbocycles. The summed E-state index contributed by atoms with van der Waals surface area (Å²) in [5.74, 6) is 1.99. The van der Waals surface area contributed by atoms with Gasteiger partial charge in [0, 0.05) is 25.7 Å². The van der Waals surface area contributed by atoms with Gasteiger partial charge in [0.05, 0.1) is 0 Å². The SMILES string of the molecule is CCNC(CN1CC2CCCC2C1)c1ccc(CC)cc1. The van der Waals surface area contributed by atoms with Crippen molar-refractivity contribution in [1.29, 1.82) is 0 Å². The van der Waals surface area contributed by atoms with E-state index in [1.165, 1.54) is 50.0 Å². The molecule has 3 atom stereocenters. The van der Waals surface area contributed by atoms with Crippen LogP contribution in [0.1, 0.15) is 50.3 Å². The van der Waals surface area contributed by atoms with E-state index in [-0.39, 0.29) is 0 Å². The van der Waals surface area contributed by atoms with Gasteiger partial charge in [0.15, 0.2) is 0 Å². The van der Waals surface area contributed by atoms with E-state index in [1.54, 1.807) is 0 Å². The number of hydrogen-bond donors (Lipinski definition) is 1. The lowest BCUT2D eigenvalue weighted by Gasteiger charge is -2.25. The molecule has 1 aliphatic carbocycles. The van der Waals surface area contributed by atoms with Gasteiger partial charge in [-0.2, -0.15) is 0 Å². The molecule has 1 saturated carbocycles. The fourth-order valence-electron chi connectivity index (χ4n) is 4.26. The molecule has 1 aliphatic heterocycles. The Morgan fingerprint density at radius 2 is 1.76 bits per heavy atom. The summed E-state index contributed by atoms with van der Waals surface area (Å²) in [5.41, 5.74) is 2.89. The highest BCUT2D eigenvalue weighted by atomic mass is 15.2. The zero-order valence-corrected chi connectivity index (χ0v) is 13.6. The van der Waals surface area contributed by atoms with Gasteiger partial charge in [0.2, 0.25) is 0 Å². The Balaban J connectivity index is 1.63. The molecule has 2 heteroatoms. The Labute approximate surface area is 129 Å². The van der Waals surface area contributed by atoms with Gasteiger partial charge < -0.3 is 10.2 Å². The molecule has 1 N–H and O–H groups in total. The van der Waals surface area contributed by atoms with Gasteiger partial charge in [-0.05, 0) is 48.8 Å². The van der Waals surface area contributed by atoms with Gasteiger partial charge in [-0.15, -0.1) is 0 Å². The quantitative estimate of drug-likeness (QED) is 0.859. The summed E-state index contributed by atoms with van der Waals surface area (Å²) in [5, 5.41) is 3.69. The van der Waals surface area contributed by atoms with E-state index in [0.717, 1.165) is 24.8 Å². The first-order valence-electron chi connectivity index (χ1n) is 8.84. The second-order valence-corrected chi connectivity index (χ2v) is 6.88. The van der Waals surface area contributed by atoms with Gasteiger partial charge >= 0.3 is 0 Å². The fourth-order valence-corrected chi connectivity index (χ4v) is 4.26. The second-order valence-electron chi connectivity index (χ2n) is 6.88. The van der Waals surface area contributed by atoms with Crippen LogP contribution in [0.2, 0.25) is 0 Å². The molecular weight excluding hydrogens is 256 g/mol. The van der Waals surface area contributed by atoms with E-state index in [9.17, 15) is 0 Å². The van der Waals surface area contributed by atoms with Crippen LogP contribution in [-0.2, 0) is 6.42 Å². The number of likely N-dealkylation sites (tertiary alicyclic amines) is 1. The van der Waals surface area contributed by atoms with Crippen molar-refractivity contribution in [3.05, 3.63) is 35.4 Å². The maximum Gasteiger partial charge on any atom is 0.0449 e. The zero-order valence-electron chi connectivity index (χ0n) is 13.6. The van der Waals surface area contributed by atoms with Crippen molar-refractivity contribution in [3.63, 3.8) is 0 Å². The van der Waals surface area contributed by atoms with E-state index < -0.39 is 0 Å². The van der Waals surface area contributed by atoms with Crippen molar-refractivity contribution in [2.75, 3.05) is 26.2 Å². The monoisotopic (exact) mass is 286 g/mol. The minimum absolute atomic E-state index is 0.486. The van der Waals surface area contributed by atoms with E-state index in [4.69, 9.17) is 0 Å². The number of nitrogens with zero attached hydrogens (tertiary/aromatic N) is 1. The molecule has 3 rings (SSSR count). The third kappa shape index (κ3) is 3.49. The van der Waals surface area contributed by atoms with Gasteiger partial charge in [-0.25, -0.2) is 0 Å². The first kappa shape index (κ1) is 15.1. The van der Waals surface area contributed by atoms with Crippen LogP contribution in [-0.4, -0.2) is 31.1 Å². The van der Waals surface area contributed by atoms with Crippen molar-refractivity contribution in [3.8, 4) is 0 Å². The summed E-state index contributed by atoms with van der Waals surface area (Å²) in [6, 6.07) is 9.71. The van der Waals surface area contributed by atoms with E-state index >= 15 is 0 Å². The third-order valence-electron chi connectivity index (χ3n) is 5.48. The van der Waals surface area contributed by atoms with Gasteiger partial charge in [0.25, 0.3) is 0 Å². The lowest BCUT2D eigenvalue weighted by molar-refractivity contribution is 0.274. The number of nitrogens with one attached hydrogen (secondary N) is 1. The van der Waals surface area contributed by atoms with Crippen molar-refractivity contribution in [2.24, 2.45) is 11.8 Å². The highest BCUT2D eigenvalue weighted by Crippen LogP contribution is 2.38. The zero-order chi connectivity index (χ0) is 14.7. The number of likely N-dealkylation sites (N-methyl/N-ethyl adjacent to an activating group) is 1. The number of fused-ring (bicyclic) bond motifs is 1. The molecule has 116 valence electrons. The molecule has 1 saturated heterocycles. The molecule has 0 spiro atoms. The molecule has 2 nitrogen and oxygen atoms in total. The number of hydrogen-bond acceptors (Lipinski definition) is 2. The van der Waals surface area contributed by atoms with Crippen LogP contribution in [0.4, 0.5) is 0 Å². The van der Waals surface area contributed by atoms with Crippen LogP contribution in [0.3, 0.4) is 0 Å². The van der Waals surface area contributed by atoms with Crippen molar-refractivity contribution < 1.29 is 0 Å². The molecule has 2 fully saturated rings. The Kier molecular flexibility index (Phi) is 4.97. The van der Waals surface area contributed by atoms with Gasteiger partial charge in [-0.1, -0.05) is 44.5 Å². The summed E-state index contributed by atoms with van der Waals surface area (Å²) in [6.07, 6.45) is 5.54. The Morgan fingerprint density at radius 3 is 2.33 bits per heavy atom. The summed E-state index contributed by atoms with van der Waals surface area (Å²) in [7, 11) is 0. The smallest absolute Gasteiger partial charge is 0.0449 e. The average Bonchev–Trinajstić information content (AvgIpc) is 3.08. The van der Waals surface area contributed by atoms with Crippen molar-refractivity contribution in [2.45, 2.75) is 45.6 Å². The molecular formula is C19H30N2. The molecule has 2 aliphatic rings. The number of benzene rings is 1. The molecule has 3 unspecified atom stereocenters. The first-order valence-corrected chi connectivity index (χ1v) is 8.84. The maximum absolute atomic E-state index is 3.69. The van der Waals surface area contributed by atoms with Gasteiger partial charge in [-0.3, -0.25) is 0 Å². The minimum atomic E-state index is 0.486. The second kappa shape index (κ2) is 6.93. The summed E-state index contributed by atoms with van der Waals surface area (Å²) in [4.78, 5) is 2.70. The Morgan fingerprint density at radius 1 is 1.10 bits per heavy atom. The van der Waals surface area contributed by atoms with Crippen LogP contribution in [0.5, 0.6) is 0 Å². The van der Waals surface area contributed by atoms with Crippen LogP contribution < -0.4 is 5.32 Å². The molecule has 1 aromatic rings. The van der Waals surface area contributed by atoms with Crippen LogP contribution in [0, 0.1) is 11.8 Å². The Bertz CT molecular complexity index is 427. The fraction of sp³-hybridized carbons (Fsp3) is 0.684. The highest BCUT2D eigenvalue weighted by Gasteiger charge is 2.36. The molecule has 1 heterocycles. The molecule has 0 bridgehead atoms. The summed E-state index contributed by atoms with van der Waals surface area (Å²) < 4.78 is 0. The third-order valence-corrected chi connectivity index (χ3v) is 5.48. The topological polar surface area (TPSA) is 15.3 Å². The largest absolute Gasteiger partial charge is 0.309 e.